The number of rotatable bonds is 5. The standard InChI is InChI=1S/C17H23N3O3/c1-17(2,3)23-16(21)20-10-9-19-15-14-6-5-13(22-4)11-12(14)7-8-18-15/h5-8,11H,9-10H2,1-4H3,(H,18,19)(H,20,21). The molecule has 124 valence electrons. The summed E-state index contributed by atoms with van der Waals surface area (Å²) in [6.07, 6.45) is 1.32. The molecule has 0 aliphatic rings. The van der Waals surface area contributed by atoms with Crippen LogP contribution in [0.2, 0.25) is 0 Å². The SMILES string of the molecule is COc1ccc2c(NCCNC(=O)OC(C)(C)C)nccc2c1. The average molecular weight is 317 g/mol. The number of methoxy groups -OCH3 is 1. The molecule has 2 aromatic rings. The summed E-state index contributed by atoms with van der Waals surface area (Å²) in [5.74, 6) is 1.58. The second-order valence-electron chi connectivity index (χ2n) is 6.10. The molecule has 0 aliphatic heterocycles. The van der Waals surface area contributed by atoms with Crippen LogP contribution >= 0.6 is 0 Å². The monoisotopic (exact) mass is 317 g/mol. The minimum atomic E-state index is -0.492. The molecule has 1 heterocycles. The van der Waals surface area contributed by atoms with Crippen molar-refractivity contribution < 1.29 is 14.3 Å². The molecule has 1 aromatic carbocycles. The van der Waals surface area contributed by atoms with Crippen molar-refractivity contribution in [1.29, 1.82) is 0 Å². The molecule has 6 heteroatoms. The Morgan fingerprint density at radius 2 is 2.00 bits per heavy atom. The Labute approximate surface area is 136 Å². The van der Waals surface area contributed by atoms with E-state index in [9.17, 15) is 4.79 Å². The second-order valence-corrected chi connectivity index (χ2v) is 6.10. The number of hydrogen-bond acceptors (Lipinski definition) is 5. The number of anilines is 1. The number of nitrogens with one attached hydrogen (secondary N) is 2. The highest BCUT2D eigenvalue weighted by atomic mass is 16.6. The largest absolute Gasteiger partial charge is 0.497 e. The molecule has 0 fully saturated rings. The van der Waals surface area contributed by atoms with Gasteiger partial charge in [-0.1, -0.05) is 0 Å². The lowest BCUT2D eigenvalue weighted by Crippen LogP contribution is -2.35. The van der Waals surface area contributed by atoms with E-state index in [1.54, 1.807) is 13.3 Å². The molecule has 0 atom stereocenters. The Morgan fingerprint density at radius 1 is 1.22 bits per heavy atom. The number of amides is 1. The Bertz CT molecular complexity index is 680. The summed E-state index contributed by atoms with van der Waals surface area (Å²) in [6.45, 7) is 6.50. The topological polar surface area (TPSA) is 72.5 Å². The number of carbonyl (C=O) groups excluding carboxylic acids is 1. The lowest BCUT2D eigenvalue weighted by molar-refractivity contribution is 0.0530. The van der Waals surface area contributed by atoms with Crippen molar-refractivity contribution in [3.05, 3.63) is 30.5 Å². The van der Waals surface area contributed by atoms with E-state index in [1.807, 2.05) is 45.0 Å². The summed E-state index contributed by atoms with van der Waals surface area (Å²) in [4.78, 5) is 15.9. The zero-order chi connectivity index (χ0) is 16.9. The van der Waals surface area contributed by atoms with Crippen LogP contribution in [0.5, 0.6) is 5.75 Å². The molecule has 6 nitrogen and oxygen atoms in total. The van der Waals surface area contributed by atoms with Crippen molar-refractivity contribution in [1.82, 2.24) is 10.3 Å². The van der Waals surface area contributed by atoms with Crippen molar-refractivity contribution in [2.75, 3.05) is 25.5 Å². The molecule has 0 saturated carbocycles. The van der Waals surface area contributed by atoms with Crippen LogP contribution in [0.3, 0.4) is 0 Å². The third kappa shape index (κ3) is 5.02. The van der Waals surface area contributed by atoms with Gasteiger partial charge in [0, 0.05) is 24.7 Å². The molecular formula is C17H23N3O3. The predicted octanol–water partition coefficient (Wildman–Crippen LogP) is 3.18. The third-order valence-corrected chi connectivity index (χ3v) is 3.06. The maximum Gasteiger partial charge on any atom is 0.407 e. The van der Waals surface area contributed by atoms with E-state index in [1.165, 1.54) is 0 Å². The quantitative estimate of drug-likeness (QED) is 0.829. The summed E-state index contributed by atoms with van der Waals surface area (Å²) >= 11 is 0. The van der Waals surface area contributed by atoms with E-state index in [0.717, 1.165) is 22.3 Å². The van der Waals surface area contributed by atoms with Gasteiger partial charge in [0.15, 0.2) is 0 Å². The minimum absolute atomic E-state index is 0.421. The first-order valence-corrected chi connectivity index (χ1v) is 7.52. The summed E-state index contributed by atoms with van der Waals surface area (Å²) in [5.41, 5.74) is -0.492. The maximum atomic E-state index is 11.6. The van der Waals surface area contributed by atoms with Crippen LogP contribution in [0.4, 0.5) is 10.6 Å². The smallest absolute Gasteiger partial charge is 0.407 e. The molecule has 2 rings (SSSR count). The first-order chi connectivity index (χ1) is 10.9. The second kappa shape index (κ2) is 7.17. The minimum Gasteiger partial charge on any atom is -0.497 e. The Balaban J connectivity index is 1.91. The van der Waals surface area contributed by atoms with Crippen molar-refractivity contribution in [2.45, 2.75) is 26.4 Å². The fraction of sp³-hybridized carbons (Fsp3) is 0.412. The van der Waals surface area contributed by atoms with Gasteiger partial charge >= 0.3 is 6.09 Å². The number of hydrogen-bond donors (Lipinski definition) is 2. The van der Waals surface area contributed by atoms with Gasteiger partial charge in [0.05, 0.1) is 7.11 Å². The number of nitrogens with zero attached hydrogens (tertiary/aromatic N) is 1. The normalized spacial score (nSPS) is 11.1. The maximum absolute atomic E-state index is 11.6. The van der Waals surface area contributed by atoms with Crippen LogP contribution < -0.4 is 15.4 Å². The lowest BCUT2D eigenvalue weighted by Gasteiger charge is -2.19. The van der Waals surface area contributed by atoms with Crippen molar-refractivity contribution in [3.63, 3.8) is 0 Å². The predicted molar refractivity (Wildman–Crippen MR) is 91.0 cm³/mol. The van der Waals surface area contributed by atoms with Gasteiger partial charge in [-0.15, -0.1) is 0 Å². The molecule has 1 amide bonds. The van der Waals surface area contributed by atoms with E-state index < -0.39 is 11.7 Å². The first kappa shape index (κ1) is 16.9. The van der Waals surface area contributed by atoms with Crippen molar-refractivity contribution in [2.24, 2.45) is 0 Å². The molecular weight excluding hydrogens is 294 g/mol. The van der Waals surface area contributed by atoms with Gasteiger partial charge in [-0.2, -0.15) is 0 Å². The van der Waals surface area contributed by atoms with E-state index in [4.69, 9.17) is 9.47 Å². The fourth-order valence-corrected chi connectivity index (χ4v) is 2.08. The number of carbonyl (C=O) groups is 1. The number of benzene rings is 1. The molecule has 23 heavy (non-hydrogen) atoms. The van der Waals surface area contributed by atoms with Gasteiger partial charge in [0.2, 0.25) is 0 Å². The van der Waals surface area contributed by atoms with Gasteiger partial charge < -0.3 is 20.1 Å². The summed E-state index contributed by atoms with van der Waals surface area (Å²) < 4.78 is 10.4. The Morgan fingerprint density at radius 3 is 2.70 bits per heavy atom. The van der Waals surface area contributed by atoms with Gasteiger partial charge in [0.25, 0.3) is 0 Å². The molecule has 0 bridgehead atoms. The lowest BCUT2D eigenvalue weighted by atomic mass is 10.1. The molecule has 1 aromatic heterocycles. The van der Waals surface area contributed by atoms with Gasteiger partial charge in [0.1, 0.15) is 17.2 Å². The molecule has 0 saturated heterocycles. The summed E-state index contributed by atoms with van der Waals surface area (Å²) in [5, 5.41) is 7.97. The van der Waals surface area contributed by atoms with Gasteiger partial charge in [-0.25, -0.2) is 9.78 Å². The van der Waals surface area contributed by atoms with Crippen molar-refractivity contribution >= 4 is 22.7 Å². The van der Waals surface area contributed by atoms with Gasteiger partial charge in [-0.3, -0.25) is 0 Å². The highest BCUT2D eigenvalue weighted by Crippen LogP contribution is 2.25. The van der Waals surface area contributed by atoms with Crippen LogP contribution in [0, 0.1) is 0 Å². The van der Waals surface area contributed by atoms with Crippen LogP contribution in [0.1, 0.15) is 20.8 Å². The highest BCUT2D eigenvalue weighted by Gasteiger charge is 2.15. The van der Waals surface area contributed by atoms with Crippen LogP contribution in [0.25, 0.3) is 10.8 Å². The molecule has 0 spiro atoms. The molecule has 0 aliphatic carbocycles. The van der Waals surface area contributed by atoms with Crippen molar-refractivity contribution in [3.8, 4) is 5.75 Å². The zero-order valence-corrected chi connectivity index (χ0v) is 14.0. The Hall–Kier alpha value is -2.50. The molecule has 2 N–H and O–H groups in total. The average Bonchev–Trinajstić information content (AvgIpc) is 2.49. The number of pyridine rings is 1. The fourth-order valence-electron chi connectivity index (χ4n) is 2.08. The van der Waals surface area contributed by atoms with Gasteiger partial charge in [-0.05, 0) is 50.4 Å². The zero-order valence-electron chi connectivity index (χ0n) is 14.0. The molecule has 0 unspecified atom stereocenters. The summed E-state index contributed by atoms with van der Waals surface area (Å²) in [6, 6.07) is 7.75. The van der Waals surface area contributed by atoms with E-state index in [-0.39, 0.29) is 0 Å². The first-order valence-electron chi connectivity index (χ1n) is 7.52. The van der Waals surface area contributed by atoms with E-state index in [0.29, 0.717) is 13.1 Å². The number of fused-ring (bicyclic) bond motifs is 1. The molecule has 0 radical (unpaired) electrons. The van der Waals surface area contributed by atoms with E-state index >= 15 is 0 Å². The van der Waals surface area contributed by atoms with Crippen LogP contribution in [-0.2, 0) is 4.74 Å². The Kier molecular flexibility index (Phi) is 5.26. The summed E-state index contributed by atoms with van der Waals surface area (Å²) in [7, 11) is 1.64. The number of alkyl carbamates (subject to hydrolysis) is 1. The van der Waals surface area contributed by atoms with Crippen LogP contribution in [-0.4, -0.2) is 36.9 Å². The highest BCUT2D eigenvalue weighted by molar-refractivity contribution is 5.92. The third-order valence-electron chi connectivity index (χ3n) is 3.06. The van der Waals surface area contributed by atoms with E-state index in [2.05, 4.69) is 15.6 Å². The number of aromatic nitrogens is 1. The van der Waals surface area contributed by atoms with Crippen LogP contribution in [0.15, 0.2) is 30.5 Å². The number of ether oxygens (including phenoxy) is 2.